The SMILES string of the molecule is CC[N+]1(c2cc(C(=O)O)cc(-c3ccc(C)cc3)c2)C=CN=N1. The number of carbonyl (C=O) groups is 1. The Hall–Kier alpha value is -2.79. The molecule has 0 radical (unpaired) electrons. The number of carboxylic acid groups (broad SMARTS) is 1. The first kappa shape index (κ1) is 15.1. The molecule has 1 aliphatic rings. The predicted octanol–water partition coefficient (Wildman–Crippen LogP) is 4.54. The lowest BCUT2D eigenvalue weighted by atomic mass is 10.0. The van der Waals surface area contributed by atoms with Crippen molar-refractivity contribution in [1.29, 1.82) is 0 Å². The molecule has 5 nitrogen and oxygen atoms in total. The van der Waals surface area contributed by atoms with Gasteiger partial charge in [-0.25, -0.2) is 4.79 Å². The molecule has 1 atom stereocenters. The smallest absolute Gasteiger partial charge is 0.335 e. The maximum Gasteiger partial charge on any atom is 0.335 e. The first-order valence-electron chi connectivity index (χ1n) is 7.48. The normalized spacial score (nSPS) is 19.2. The van der Waals surface area contributed by atoms with Gasteiger partial charge >= 0.3 is 5.97 Å². The molecule has 0 amide bonds. The number of hydrogen-bond acceptors (Lipinski definition) is 3. The number of carboxylic acids is 1. The molecular weight excluding hydrogens is 290 g/mol. The first-order chi connectivity index (χ1) is 11.0. The van der Waals surface area contributed by atoms with Gasteiger partial charge in [0.05, 0.1) is 5.56 Å². The third kappa shape index (κ3) is 2.78. The molecule has 1 heterocycles. The molecule has 1 aliphatic heterocycles. The molecule has 0 aliphatic carbocycles. The number of aromatic carboxylic acids is 1. The minimum Gasteiger partial charge on any atom is -0.478 e. The van der Waals surface area contributed by atoms with Crippen LogP contribution in [0.3, 0.4) is 0 Å². The summed E-state index contributed by atoms with van der Waals surface area (Å²) >= 11 is 0. The zero-order chi connectivity index (χ0) is 16.4. The lowest BCUT2D eigenvalue weighted by molar-refractivity contribution is 0.0697. The van der Waals surface area contributed by atoms with Gasteiger partial charge in [-0.3, -0.25) is 0 Å². The van der Waals surface area contributed by atoms with E-state index in [1.54, 1.807) is 18.3 Å². The fourth-order valence-electron chi connectivity index (χ4n) is 2.65. The molecule has 2 aromatic rings. The van der Waals surface area contributed by atoms with E-state index in [4.69, 9.17) is 0 Å². The van der Waals surface area contributed by atoms with Crippen LogP contribution < -0.4 is 4.59 Å². The Labute approximate surface area is 134 Å². The number of hydrogen-bond donors (Lipinski definition) is 1. The maximum atomic E-state index is 11.5. The maximum absolute atomic E-state index is 11.5. The summed E-state index contributed by atoms with van der Waals surface area (Å²) in [6, 6.07) is 13.4. The molecule has 0 aromatic heterocycles. The zero-order valence-electron chi connectivity index (χ0n) is 13.1. The Morgan fingerprint density at radius 1 is 1.13 bits per heavy atom. The van der Waals surface area contributed by atoms with Gasteiger partial charge in [-0.1, -0.05) is 29.8 Å². The van der Waals surface area contributed by atoms with Crippen LogP contribution in [-0.2, 0) is 0 Å². The Bertz CT molecular complexity index is 796. The molecule has 1 unspecified atom stereocenters. The summed E-state index contributed by atoms with van der Waals surface area (Å²) in [6.07, 6.45) is 3.50. The second-order valence-corrected chi connectivity index (χ2v) is 5.59. The molecular formula is C18H18N3O2+. The second-order valence-electron chi connectivity index (χ2n) is 5.59. The highest BCUT2D eigenvalue weighted by molar-refractivity contribution is 5.91. The molecule has 2 aromatic carbocycles. The summed E-state index contributed by atoms with van der Waals surface area (Å²) in [5.41, 5.74) is 4.05. The van der Waals surface area contributed by atoms with E-state index in [0.29, 0.717) is 6.54 Å². The summed E-state index contributed by atoms with van der Waals surface area (Å²) in [7, 11) is 0. The predicted molar refractivity (Wildman–Crippen MR) is 89.9 cm³/mol. The molecule has 23 heavy (non-hydrogen) atoms. The number of rotatable bonds is 4. The lowest BCUT2D eigenvalue weighted by Gasteiger charge is -2.22. The Kier molecular flexibility index (Phi) is 3.80. The van der Waals surface area contributed by atoms with Crippen LogP contribution >= 0.6 is 0 Å². The van der Waals surface area contributed by atoms with Gasteiger partial charge in [0.1, 0.15) is 18.9 Å². The van der Waals surface area contributed by atoms with Gasteiger partial charge in [-0.05, 0) is 31.0 Å². The number of aryl methyl sites for hydroxylation is 1. The van der Waals surface area contributed by atoms with E-state index >= 15 is 0 Å². The second kappa shape index (κ2) is 5.78. The van der Waals surface area contributed by atoms with E-state index < -0.39 is 5.97 Å². The van der Waals surface area contributed by atoms with Gasteiger partial charge in [0.25, 0.3) is 0 Å². The van der Waals surface area contributed by atoms with E-state index in [9.17, 15) is 9.90 Å². The van der Waals surface area contributed by atoms with Crippen molar-refractivity contribution < 1.29 is 9.90 Å². The third-order valence-corrected chi connectivity index (χ3v) is 4.07. The molecule has 0 saturated heterocycles. The molecule has 116 valence electrons. The van der Waals surface area contributed by atoms with E-state index in [1.165, 1.54) is 0 Å². The summed E-state index contributed by atoms with van der Waals surface area (Å²) in [4.78, 5) is 11.5. The van der Waals surface area contributed by atoms with E-state index in [2.05, 4.69) is 10.3 Å². The monoisotopic (exact) mass is 308 g/mol. The molecule has 1 N–H and O–H groups in total. The summed E-state index contributed by atoms with van der Waals surface area (Å²) < 4.78 is 0.181. The molecule has 0 fully saturated rings. The number of nitrogens with zero attached hydrogens (tertiary/aromatic N) is 3. The largest absolute Gasteiger partial charge is 0.478 e. The van der Waals surface area contributed by atoms with Gasteiger partial charge < -0.3 is 5.11 Å². The lowest BCUT2D eigenvalue weighted by Crippen LogP contribution is -2.35. The van der Waals surface area contributed by atoms with Crippen LogP contribution in [0.1, 0.15) is 22.8 Å². The van der Waals surface area contributed by atoms with Crippen LogP contribution in [0.2, 0.25) is 0 Å². The van der Waals surface area contributed by atoms with Crippen LogP contribution in [0.4, 0.5) is 5.69 Å². The van der Waals surface area contributed by atoms with Gasteiger partial charge in [-0.15, -0.1) is 9.71 Å². The Morgan fingerprint density at radius 3 is 2.43 bits per heavy atom. The van der Waals surface area contributed by atoms with Crippen LogP contribution in [0, 0.1) is 6.92 Å². The van der Waals surface area contributed by atoms with E-state index in [1.807, 2.05) is 50.4 Å². The van der Waals surface area contributed by atoms with Crippen molar-refractivity contribution in [3.8, 4) is 11.1 Å². The summed E-state index contributed by atoms with van der Waals surface area (Å²) in [6.45, 7) is 4.68. The Morgan fingerprint density at radius 2 is 1.87 bits per heavy atom. The van der Waals surface area contributed by atoms with Crippen LogP contribution in [0.25, 0.3) is 11.1 Å². The summed E-state index contributed by atoms with van der Waals surface area (Å²) in [5, 5.41) is 17.7. The Balaban J connectivity index is 2.18. The topological polar surface area (TPSA) is 62.0 Å². The average molecular weight is 308 g/mol. The van der Waals surface area contributed by atoms with Crippen LogP contribution in [0.5, 0.6) is 0 Å². The van der Waals surface area contributed by atoms with Gasteiger partial charge in [-0.2, -0.15) is 0 Å². The van der Waals surface area contributed by atoms with Crippen molar-refractivity contribution in [2.75, 3.05) is 6.54 Å². The van der Waals surface area contributed by atoms with Crippen molar-refractivity contribution in [3.05, 3.63) is 66.0 Å². The van der Waals surface area contributed by atoms with Crippen molar-refractivity contribution in [2.24, 2.45) is 10.3 Å². The highest BCUT2D eigenvalue weighted by Crippen LogP contribution is 2.33. The molecule has 0 saturated carbocycles. The van der Waals surface area contributed by atoms with Crippen molar-refractivity contribution >= 4 is 11.7 Å². The van der Waals surface area contributed by atoms with Gasteiger partial charge in [0.15, 0.2) is 5.69 Å². The van der Waals surface area contributed by atoms with Crippen molar-refractivity contribution in [1.82, 2.24) is 4.59 Å². The molecule has 5 heteroatoms. The fraction of sp³-hybridized carbons (Fsp3) is 0.167. The molecule has 0 bridgehead atoms. The van der Waals surface area contributed by atoms with Crippen LogP contribution in [-0.4, -0.2) is 17.6 Å². The molecule has 3 rings (SSSR count). The third-order valence-electron chi connectivity index (χ3n) is 4.07. The minimum absolute atomic E-state index is 0.181. The quantitative estimate of drug-likeness (QED) is 0.843. The standard InChI is InChI=1S/C18H17N3O2/c1-3-21(9-8-19-20-21)17-11-15(10-16(12-17)18(22)23)14-6-4-13(2)5-7-14/h4-12H,3H2,1-2H3/p+1. The average Bonchev–Trinajstić information content (AvgIpc) is 3.05. The van der Waals surface area contributed by atoms with E-state index in [-0.39, 0.29) is 10.2 Å². The summed E-state index contributed by atoms with van der Waals surface area (Å²) in [5.74, 6) is -0.949. The highest BCUT2D eigenvalue weighted by Gasteiger charge is 2.31. The zero-order valence-corrected chi connectivity index (χ0v) is 13.1. The van der Waals surface area contributed by atoms with Crippen molar-refractivity contribution in [2.45, 2.75) is 13.8 Å². The van der Waals surface area contributed by atoms with Crippen LogP contribution in [0.15, 0.2) is 65.2 Å². The number of benzene rings is 2. The highest BCUT2D eigenvalue weighted by atomic mass is 16.4. The number of quaternary nitrogens is 1. The van der Waals surface area contributed by atoms with Crippen molar-refractivity contribution in [3.63, 3.8) is 0 Å². The minimum atomic E-state index is -0.949. The van der Waals surface area contributed by atoms with E-state index in [0.717, 1.165) is 22.4 Å². The van der Waals surface area contributed by atoms with Gasteiger partial charge in [0.2, 0.25) is 0 Å². The molecule has 0 spiro atoms. The fourth-order valence-corrected chi connectivity index (χ4v) is 2.65. The van der Waals surface area contributed by atoms with Gasteiger partial charge in [0, 0.05) is 17.4 Å². The first-order valence-corrected chi connectivity index (χ1v) is 7.48.